The fraction of sp³-hybridized carbons (Fsp3) is 0.462. The third kappa shape index (κ3) is 6.25. The van der Waals surface area contributed by atoms with Gasteiger partial charge in [-0.1, -0.05) is 72.8 Å². The van der Waals surface area contributed by atoms with Crippen molar-refractivity contribution in [3.8, 4) is 0 Å². The maximum Gasteiger partial charge on any atom is 0.190 e. The number of allylic oxidation sites excluding steroid dienone is 1. The molecule has 4 rings (SSSR count). The van der Waals surface area contributed by atoms with Crippen LogP contribution in [-0.2, 0) is 36.9 Å². The van der Waals surface area contributed by atoms with Crippen LogP contribution in [0.3, 0.4) is 0 Å². The van der Waals surface area contributed by atoms with Crippen LogP contribution in [0.4, 0.5) is 0 Å². The van der Waals surface area contributed by atoms with Crippen molar-refractivity contribution < 1.29 is 23.7 Å². The Balaban J connectivity index is 1.25. The Morgan fingerprint density at radius 3 is 2.29 bits per heavy atom. The van der Waals surface area contributed by atoms with Crippen LogP contribution >= 0.6 is 0 Å². The first-order valence-corrected chi connectivity index (χ1v) is 11.1. The lowest BCUT2D eigenvalue weighted by Crippen LogP contribution is -2.36. The fourth-order valence-electron chi connectivity index (χ4n) is 3.91. The Labute approximate surface area is 184 Å². The number of hydrogen-bond acceptors (Lipinski definition) is 5. The van der Waals surface area contributed by atoms with Gasteiger partial charge in [0, 0.05) is 6.61 Å². The maximum atomic E-state index is 6.25. The van der Waals surface area contributed by atoms with E-state index in [0.29, 0.717) is 13.2 Å². The van der Waals surface area contributed by atoms with Crippen molar-refractivity contribution in [3.05, 3.63) is 83.9 Å². The first-order chi connectivity index (χ1) is 15.1. The molecule has 5 nitrogen and oxygen atoms in total. The minimum absolute atomic E-state index is 0.194. The summed E-state index contributed by atoms with van der Waals surface area (Å²) in [6.07, 6.45) is 5.05. The van der Waals surface area contributed by atoms with Gasteiger partial charge in [-0.05, 0) is 37.8 Å². The number of hydrogen-bond donors (Lipinski definition) is 0. The molecule has 2 heterocycles. The van der Waals surface area contributed by atoms with Crippen molar-refractivity contribution in [3.63, 3.8) is 0 Å². The first-order valence-electron chi connectivity index (χ1n) is 11.1. The van der Waals surface area contributed by atoms with Gasteiger partial charge in [-0.2, -0.15) is 0 Å². The third-order valence-electron chi connectivity index (χ3n) is 5.41. The van der Waals surface area contributed by atoms with Gasteiger partial charge in [-0.25, -0.2) is 0 Å². The van der Waals surface area contributed by atoms with Crippen LogP contribution in [0.25, 0.3) is 0 Å². The molecule has 2 aromatic carbocycles. The Hall–Kier alpha value is -2.02. The Morgan fingerprint density at radius 1 is 0.903 bits per heavy atom. The minimum Gasteiger partial charge on any atom is -0.377 e. The Morgan fingerprint density at radius 2 is 1.58 bits per heavy atom. The van der Waals surface area contributed by atoms with Crippen LogP contribution < -0.4 is 0 Å². The van der Waals surface area contributed by atoms with Gasteiger partial charge in [-0.15, -0.1) is 0 Å². The summed E-state index contributed by atoms with van der Waals surface area (Å²) >= 11 is 0. The smallest absolute Gasteiger partial charge is 0.190 e. The molecule has 166 valence electrons. The summed E-state index contributed by atoms with van der Waals surface area (Å²) in [6.45, 7) is 5.70. The standard InChI is InChI=1S/C26H32O5/c1-26(2)30-24-23(28-19-21-14-8-4-9-15-21)22(29-25(24)31-26)16-10-5-11-17-27-18-20-12-6-3-7-13-20/h3-4,6-10,12-16,22-25H,5,11,17-19H2,1-2H3/b16-10+/t22-,23+,24-,25-/m1/s1. The van der Waals surface area contributed by atoms with Crippen molar-refractivity contribution in [2.24, 2.45) is 0 Å². The molecule has 0 amide bonds. The molecule has 0 saturated carbocycles. The highest BCUT2D eigenvalue weighted by molar-refractivity contribution is 5.14. The molecule has 0 radical (unpaired) electrons. The molecule has 31 heavy (non-hydrogen) atoms. The number of fused-ring (bicyclic) bond motifs is 1. The number of unbranched alkanes of at least 4 members (excludes halogenated alkanes) is 1. The van der Waals surface area contributed by atoms with Crippen molar-refractivity contribution >= 4 is 0 Å². The van der Waals surface area contributed by atoms with Crippen molar-refractivity contribution in [2.75, 3.05) is 6.61 Å². The van der Waals surface area contributed by atoms with Crippen molar-refractivity contribution in [1.29, 1.82) is 0 Å². The van der Waals surface area contributed by atoms with Crippen molar-refractivity contribution in [2.45, 2.75) is 70.3 Å². The average Bonchev–Trinajstić information content (AvgIpc) is 3.24. The quantitative estimate of drug-likeness (QED) is 0.397. The molecule has 0 aliphatic carbocycles. The predicted molar refractivity (Wildman–Crippen MR) is 118 cm³/mol. The lowest BCUT2D eigenvalue weighted by atomic mass is 10.1. The zero-order chi connectivity index (χ0) is 21.5. The van der Waals surface area contributed by atoms with E-state index in [9.17, 15) is 0 Å². The van der Waals surface area contributed by atoms with E-state index < -0.39 is 12.1 Å². The van der Waals surface area contributed by atoms with Crippen LogP contribution in [0.1, 0.15) is 37.8 Å². The molecule has 0 N–H and O–H groups in total. The van der Waals surface area contributed by atoms with E-state index in [4.69, 9.17) is 23.7 Å². The van der Waals surface area contributed by atoms with Gasteiger partial charge in [0.15, 0.2) is 12.1 Å². The second kappa shape index (κ2) is 10.5. The topological polar surface area (TPSA) is 46.2 Å². The molecule has 2 aliphatic rings. The normalized spacial score (nSPS) is 27.0. The largest absolute Gasteiger partial charge is 0.377 e. The van der Waals surface area contributed by atoms with Gasteiger partial charge >= 0.3 is 0 Å². The molecule has 0 aromatic heterocycles. The van der Waals surface area contributed by atoms with E-state index in [1.54, 1.807) is 0 Å². The summed E-state index contributed by atoms with van der Waals surface area (Å²) < 4.78 is 30.1. The van der Waals surface area contributed by atoms with E-state index in [1.807, 2.05) is 50.2 Å². The first kappa shape index (κ1) is 22.2. The van der Waals surface area contributed by atoms with Gasteiger partial charge < -0.3 is 23.7 Å². The summed E-state index contributed by atoms with van der Waals surface area (Å²) in [5.74, 6) is -0.658. The van der Waals surface area contributed by atoms with E-state index in [1.165, 1.54) is 5.56 Å². The van der Waals surface area contributed by atoms with Gasteiger partial charge in [0.25, 0.3) is 0 Å². The van der Waals surface area contributed by atoms with E-state index >= 15 is 0 Å². The fourth-order valence-corrected chi connectivity index (χ4v) is 3.91. The zero-order valence-electron chi connectivity index (χ0n) is 18.3. The highest BCUT2D eigenvalue weighted by atomic mass is 16.8. The average molecular weight is 425 g/mol. The second-order valence-electron chi connectivity index (χ2n) is 8.44. The molecule has 0 spiro atoms. The molecular weight excluding hydrogens is 392 g/mol. The highest BCUT2D eigenvalue weighted by Gasteiger charge is 2.54. The molecule has 0 unspecified atom stereocenters. The second-order valence-corrected chi connectivity index (χ2v) is 8.44. The Kier molecular flexibility index (Phi) is 7.54. The van der Waals surface area contributed by atoms with E-state index in [2.05, 4.69) is 36.4 Å². The minimum atomic E-state index is -0.658. The third-order valence-corrected chi connectivity index (χ3v) is 5.41. The SMILES string of the molecule is CC1(C)O[C@H]2O[C@H](/C=C/CCCOCc3ccccc3)[C@H](OCc3ccccc3)[C@H]2O1. The molecule has 2 fully saturated rings. The molecule has 0 bridgehead atoms. The molecule has 2 aromatic rings. The van der Waals surface area contributed by atoms with Crippen molar-refractivity contribution in [1.82, 2.24) is 0 Å². The zero-order valence-corrected chi connectivity index (χ0v) is 18.3. The van der Waals surface area contributed by atoms with Gasteiger partial charge in [-0.3, -0.25) is 0 Å². The molecule has 2 saturated heterocycles. The van der Waals surface area contributed by atoms with Gasteiger partial charge in [0.1, 0.15) is 18.3 Å². The molecule has 4 atom stereocenters. The lowest BCUT2D eigenvalue weighted by molar-refractivity contribution is -0.213. The summed E-state index contributed by atoms with van der Waals surface area (Å²) in [6, 6.07) is 20.4. The lowest BCUT2D eigenvalue weighted by Gasteiger charge is -2.24. The number of rotatable bonds is 10. The van der Waals surface area contributed by atoms with E-state index in [0.717, 1.165) is 25.0 Å². The van der Waals surface area contributed by atoms with E-state index in [-0.39, 0.29) is 18.3 Å². The number of benzene rings is 2. The molecule has 5 heteroatoms. The van der Waals surface area contributed by atoms with Crippen LogP contribution in [0.2, 0.25) is 0 Å². The van der Waals surface area contributed by atoms with Crippen LogP contribution in [-0.4, -0.2) is 37.0 Å². The summed E-state index contributed by atoms with van der Waals surface area (Å²) in [5.41, 5.74) is 2.33. The summed E-state index contributed by atoms with van der Waals surface area (Å²) in [7, 11) is 0. The highest BCUT2D eigenvalue weighted by Crippen LogP contribution is 2.39. The van der Waals surface area contributed by atoms with Gasteiger partial charge in [0.05, 0.1) is 13.2 Å². The molecular formula is C26H32O5. The summed E-state index contributed by atoms with van der Waals surface area (Å²) in [4.78, 5) is 0. The summed E-state index contributed by atoms with van der Waals surface area (Å²) in [5, 5.41) is 0. The van der Waals surface area contributed by atoms with Gasteiger partial charge in [0.2, 0.25) is 0 Å². The van der Waals surface area contributed by atoms with Crippen LogP contribution in [0.15, 0.2) is 72.8 Å². The molecule has 2 aliphatic heterocycles. The van der Waals surface area contributed by atoms with Crippen LogP contribution in [0, 0.1) is 0 Å². The number of ether oxygens (including phenoxy) is 5. The van der Waals surface area contributed by atoms with Crippen LogP contribution in [0.5, 0.6) is 0 Å². The predicted octanol–water partition coefficient (Wildman–Crippen LogP) is 5.00. The Bertz CT molecular complexity index is 820. The monoisotopic (exact) mass is 424 g/mol. The maximum absolute atomic E-state index is 6.25.